The zero-order valence-corrected chi connectivity index (χ0v) is 43.7. The molecule has 4 saturated carbocycles. The van der Waals surface area contributed by atoms with Crippen LogP contribution in [0.15, 0.2) is 23.0 Å². The standard InChI is InChI=1S/C50H82O28/c1-20-15-49-11-5-26-47(2,27(49)6-12-50(20,19-49)78-41(68)37(67)38(21(56)7-13-51)74-43-34(64)31(61)28(58)23(16-53)71-43)9-4-10-48(26,3)46(70)77-42(69)40(76-45-36(66)33(63)30(60)25(18-55)73-45)39(22(57)8-14-52)75-44-35(65)32(62)29(59)24(17-54)72-44/h20-36,41-45,51-69H,4-19H2,1-3H3/b38-37+,40-39-/t20?,21?,22?,23?,24?,25?,26?,27-,28?,29?,30?,31?,32?,33?,34?,35?,36?,41?,42?,43?,44?,45?,47+,48+,49+,50-/m0/s1. The highest BCUT2D eigenvalue weighted by Gasteiger charge is 2.69. The van der Waals surface area contributed by atoms with E-state index in [4.69, 9.17) is 37.9 Å². The van der Waals surface area contributed by atoms with Crippen molar-refractivity contribution in [1.82, 2.24) is 0 Å². The number of carbonyl (C=O) groups excluding carboxylic acids is 1. The van der Waals surface area contributed by atoms with Crippen molar-refractivity contribution in [3.05, 3.63) is 23.0 Å². The summed E-state index contributed by atoms with van der Waals surface area (Å²) >= 11 is 0. The molecule has 19 N–H and O–H groups in total. The Hall–Kier alpha value is -2.73. The molecule has 450 valence electrons. The average molecular weight is 1130 g/mol. The summed E-state index contributed by atoms with van der Waals surface area (Å²) in [5.41, 5.74) is -3.46. The molecule has 21 unspecified atom stereocenters. The van der Waals surface area contributed by atoms with Crippen molar-refractivity contribution in [3.8, 4) is 0 Å². The number of hydrogen-bond donors (Lipinski definition) is 19. The monoisotopic (exact) mass is 1130 g/mol. The van der Waals surface area contributed by atoms with Gasteiger partial charge in [0.05, 0.1) is 30.8 Å². The molecule has 28 nitrogen and oxygen atoms in total. The summed E-state index contributed by atoms with van der Waals surface area (Å²) in [7, 11) is 0. The van der Waals surface area contributed by atoms with Crippen molar-refractivity contribution in [2.24, 2.45) is 34.0 Å². The first-order valence-corrected chi connectivity index (χ1v) is 26.6. The second kappa shape index (κ2) is 25.0. The minimum Gasteiger partial charge on any atom is -0.505 e. The van der Waals surface area contributed by atoms with Gasteiger partial charge >= 0.3 is 5.97 Å². The van der Waals surface area contributed by atoms with Crippen LogP contribution in [0, 0.1) is 34.0 Å². The summed E-state index contributed by atoms with van der Waals surface area (Å²) < 4.78 is 45.9. The molecule has 0 aromatic heterocycles. The van der Waals surface area contributed by atoms with E-state index >= 15 is 0 Å². The van der Waals surface area contributed by atoms with Gasteiger partial charge in [-0.1, -0.05) is 20.3 Å². The van der Waals surface area contributed by atoms with E-state index in [0.717, 1.165) is 0 Å². The number of rotatable bonds is 21. The Morgan fingerprint density at radius 1 is 0.564 bits per heavy atom. The molecule has 7 aliphatic rings. The van der Waals surface area contributed by atoms with Crippen LogP contribution in [-0.2, 0) is 42.7 Å². The number of fused-ring (bicyclic) bond motifs is 3. The van der Waals surface area contributed by atoms with Crippen molar-refractivity contribution in [2.75, 3.05) is 33.0 Å². The maximum absolute atomic E-state index is 14.9. The number of hydrogen-bond acceptors (Lipinski definition) is 28. The predicted octanol–water partition coefficient (Wildman–Crippen LogP) is -5.73. The van der Waals surface area contributed by atoms with E-state index in [-0.39, 0.29) is 18.3 Å². The number of aliphatic hydroxyl groups is 19. The summed E-state index contributed by atoms with van der Waals surface area (Å²) in [6.45, 7) is 1.68. The Morgan fingerprint density at radius 2 is 1.01 bits per heavy atom. The topological polar surface area (TPSA) is 475 Å². The number of carbonyl (C=O) groups is 1. The van der Waals surface area contributed by atoms with Crippen LogP contribution in [0.3, 0.4) is 0 Å². The van der Waals surface area contributed by atoms with E-state index in [1.54, 1.807) is 6.92 Å². The van der Waals surface area contributed by atoms with Crippen LogP contribution in [-0.4, -0.2) is 259 Å². The highest BCUT2D eigenvalue weighted by molar-refractivity contribution is 5.77. The Bertz CT molecular complexity index is 2080. The minimum atomic E-state index is -2.61. The Balaban J connectivity index is 1.15. The van der Waals surface area contributed by atoms with Crippen molar-refractivity contribution >= 4 is 5.97 Å². The van der Waals surface area contributed by atoms with Gasteiger partial charge in [0.15, 0.2) is 17.3 Å². The van der Waals surface area contributed by atoms with Gasteiger partial charge in [-0.15, -0.1) is 0 Å². The van der Waals surface area contributed by atoms with Gasteiger partial charge in [0.1, 0.15) is 85.5 Å². The van der Waals surface area contributed by atoms with Crippen molar-refractivity contribution in [3.63, 3.8) is 0 Å². The third-order valence-corrected chi connectivity index (χ3v) is 18.2. The highest BCUT2D eigenvalue weighted by atomic mass is 16.8. The Morgan fingerprint density at radius 3 is 1.49 bits per heavy atom. The van der Waals surface area contributed by atoms with Gasteiger partial charge in [0.2, 0.25) is 30.9 Å². The molecule has 0 aromatic rings. The molecule has 2 bridgehead atoms. The molecule has 0 aromatic carbocycles. The van der Waals surface area contributed by atoms with E-state index in [9.17, 15) is 102 Å². The SMILES string of the molecule is CC1C[C@@]23CCC4[C@](C)(C(=O)OC(O)/C(OC5OC(CO)C(O)C(O)C5O)=C(/OC5OC(CO)C(O)C(O)C5O)C(O)CCO)CCC[C@@]4(C)[C@@H]2CC[C@]1(OC(O)/C(O)=C(\OC1OC(CO)C(O)C(O)C1O)C(O)CCO)C3. The van der Waals surface area contributed by atoms with Crippen LogP contribution in [0.4, 0.5) is 0 Å². The van der Waals surface area contributed by atoms with E-state index in [2.05, 4.69) is 6.92 Å². The van der Waals surface area contributed by atoms with Crippen LogP contribution in [0.5, 0.6) is 0 Å². The molecule has 3 heterocycles. The number of ether oxygens (including phenoxy) is 8. The molecule has 4 aliphatic carbocycles. The third-order valence-electron chi connectivity index (χ3n) is 18.2. The lowest BCUT2D eigenvalue weighted by atomic mass is 9.41. The average Bonchev–Trinajstić information content (AvgIpc) is 3.85. The Labute approximate surface area is 448 Å². The van der Waals surface area contributed by atoms with Crippen LogP contribution in [0.1, 0.15) is 91.4 Å². The normalized spacial score (nSPS) is 45.8. The molecule has 78 heavy (non-hydrogen) atoms. The van der Waals surface area contributed by atoms with Crippen LogP contribution in [0.2, 0.25) is 0 Å². The summed E-state index contributed by atoms with van der Waals surface area (Å²) in [5.74, 6) is -5.50. The van der Waals surface area contributed by atoms with Crippen molar-refractivity contribution in [1.29, 1.82) is 0 Å². The first-order chi connectivity index (χ1) is 36.7. The maximum Gasteiger partial charge on any atom is 0.314 e. The number of aliphatic hydroxyl groups excluding tert-OH is 19. The highest BCUT2D eigenvalue weighted by Crippen LogP contribution is 2.74. The lowest BCUT2D eigenvalue weighted by Gasteiger charge is -2.64. The van der Waals surface area contributed by atoms with Gasteiger partial charge in [0, 0.05) is 26.1 Å². The zero-order chi connectivity index (χ0) is 57.6. The summed E-state index contributed by atoms with van der Waals surface area (Å²) in [6, 6.07) is 0. The van der Waals surface area contributed by atoms with Gasteiger partial charge in [-0.2, -0.15) is 0 Å². The largest absolute Gasteiger partial charge is 0.505 e. The summed E-state index contributed by atoms with van der Waals surface area (Å²) in [5, 5.41) is 202. The third kappa shape index (κ3) is 11.6. The molecule has 28 heteroatoms. The van der Waals surface area contributed by atoms with Gasteiger partial charge in [-0.25, -0.2) is 0 Å². The molecule has 3 saturated heterocycles. The summed E-state index contributed by atoms with van der Waals surface area (Å²) in [6.07, 6.45) is -33.7. The molecule has 26 atom stereocenters. The van der Waals surface area contributed by atoms with Gasteiger partial charge in [-0.05, 0) is 86.9 Å². The predicted molar refractivity (Wildman–Crippen MR) is 255 cm³/mol. The van der Waals surface area contributed by atoms with E-state index in [1.165, 1.54) is 0 Å². The fraction of sp³-hybridized carbons (Fsp3) is 0.900. The van der Waals surface area contributed by atoms with Crippen molar-refractivity contribution in [2.45, 2.75) is 214 Å². The second-order valence-corrected chi connectivity index (χ2v) is 22.9. The van der Waals surface area contributed by atoms with Gasteiger partial charge in [0.25, 0.3) is 6.29 Å². The fourth-order valence-corrected chi connectivity index (χ4v) is 14.1. The molecule has 3 aliphatic heterocycles. The molecule has 7 fully saturated rings. The molecule has 1 spiro atoms. The fourth-order valence-electron chi connectivity index (χ4n) is 14.1. The molecule has 0 amide bonds. The quantitative estimate of drug-likeness (QED) is 0.0289. The van der Waals surface area contributed by atoms with Gasteiger partial charge < -0.3 is 135 Å². The van der Waals surface area contributed by atoms with Crippen molar-refractivity contribution < 1.29 is 140 Å². The van der Waals surface area contributed by atoms with Crippen LogP contribution >= 0.6 is 0 Å². The molecule has 7 rings (SSSR count). The van der Waals surface area contributed by atoms with E-state index < -0.39 is 220 Å². The van der Waals surface area contributed by atoms with E-state index in [1.807, 2.05) is 6.92 Å². The molecular formula is C50H82O28. The summed E-state index contributed by atoms with van der Waals surface area (Å²) in [4.78, 5) is 14.9. The lowest BCUT2D eigenvalue weighted by molar-refractivity contribution is -0.306. The molecular weight excluding hydrogens is 1050 g/mol. The first kappa shape index (κ1) is 62.9. The number of esters is 1. The zero-order valence-electron chi connectivity index (χ0n) is 43.7. The smallest absolute Gasteiger partial charge is 0.314 e. The van der Waals surface area contributed by atoms with Gasteiger partial charge in [-0.3, -0.25) is 4.79 Å². The van der Waals surface area contributed by atoms with Crippen LogP contribution < -0.4 is 0 Å². The second-order valence-electron chi connectivity index (χ2n) is 22.9. The maximum atomic E-state index is 14.9. The lowest BCUT2D eigenvalue weighted by Crippen LogP contribution is -2.60. The van der Waals surface area contributed by atoms with E-state index in [0.29, 0.717) is 51.4 Å². The minimum absolute atomic E-state index is 0.0716. The molecule has 0 radical (unpaired) electrons. The van der Waals surface area contributed by atoms with Crippen LogP contribution in [0.25, 0.3) is 0 Å². The first-order valence-electron chi connectivity index (χ1n) is 26.6. The Kier molecular flexibility index (Phi) is 20.2.